The van der Waals surface area contributed by atoms with E-state index in [2.05, 4.69) is 64.4 Å². The molecule has 0 aromatic carbocycles. The first-order chi connectivity index (χ1) is 19.8. The van der Waals surface area contributed by atoms with Gasteiger partial charge in [0.1, 0.15) is 11.1 Å². The van der Waals surface area contributed by atoms with Crippen LogP contribution in [0.25, 0.3) is 11.5 Å². The van der Waals surface area contributed by atoms with Gasteiger partial charge >= 0.3 is 12.2 Å². The molecule has 0 saturated heterocycles. The van der Waals surface area contributed by atoms with E-state index in [0.29, 0.717) is 5.69 Å². The zero-order chi connectivity index (χ0) is 31.7. The minimum absolute atomic E-state index is 0.0144. The van der Waals surface area contributed by atoms with Crippen LogP contribution < -0.4 is 10.2 Å². The third kappa shape index (κ3) is 5.47. The number of halogens is 5. The summed E-state index contributed by atoms with van der Waals surface area (Å²) in [6.45, 7) is 12.9. The Hall–Kier alpha value is -3.27. The molecular weight excluding hydrogens is 626 g/mol. The molecule has 1 N–H and O–H groups in total. The van der Waals surface area contributed by atoms with Crippen molar-refractivity contribution >= 4 is 54.6 Å². The summed E-state index contributed by atoms with van der Waals surface area (Å²) >= 11 is 12.4. The Morgan fingerprint density at radius 2 is 1.81 bits per heavy atom. The van der Waals surface area contributed by atoms with Crippen molar-refractivity contribution in [2.75, 3.05) is 16.8 Å². The van der Waals surface area contributed by atoms with Crippen molar-refractivity contribution in [3.63, 3.8) is 0 Å². The van der Waals surface area contributed by atoms with Crippen molar-refractivity contribution in [1.29, 1.82) is 0 Å². The molecule has 1 unspecified atom stereocenters. The molecule has 1 aliphatic heterocycles. The first-order valence-corrected chi connectivity index (χ1v) is 16.9. The van der Waals surface area contributed by atoms with Crippen LogP contribution in [0.2, 0.25) is 28.3 Å². The summed E-state index contributed by atoms with van der Waals surface area (Å²) in [6.07, 6.45) is -0.937. The van der Waals surface area contributed by atoms with Crippen molar-refractivity contribution in [2.45, 2.75) is 70.4 Å². The molecule has 0 bridgehead atoms. The zero-order valence-corrected chi connectivity index (χ0v) is 27.0. The molecule has 1 aliphatic rings. The SMILES string of the molecule is CC(O[Si](C)(C)C(C)(C)C)c1cnn(-c2ncc(NC(=O)N3C[C@@](C)(C(F)(F)F)c4c3cnc3cc(Cl)nn43)cc2Cl)n1. The number of alkyl halides is 3. The minimum atomic E-state index is -4.71. The Bertz CT molecular complexity index is 1720. The zero-order valence-electron chi connectivity index (χ0n) is 24.5. The second kappa shape index (κ2) is 10.4. The highest BCUT2D eigenvalue weighted by atomic mass is 35.5. The van der Waals surface area contributed by atoms with Crippen LogP contribution in [0.15, 0.2) is 30.7 Å². The van der Waals surface area contributed by atoms with E-state index < -0.39 is 32.5 Å². The number of hydrogen-bond donors (Lipinski definition) is 1. The lowest BCUT2D eigenvalue weighted by Gasteiger charge is -2.38. The van der Waals surface area contributed by atoms with Gasteiger partial charge in [0, 0.05) is 12.6 Å². The maximum atomic E-state index is 14.4. The summed E-state index contributed by atoms with van der Waals surface area (Å²) in [5.41, 5.74) is -1.86. The van der Waals surface area contributed by atoms with Crippen LogP contribution in [0, 0.1) is 0 Å². The first-order valence-electron chi connectivity index (χ1n) is 13.3. The normalized spacial score (nSPS) is 18.3. The van der Waals surface area contributed by atoms with Gasteiger partial charge in [0.15, 0.2) is 24.9 Å². The highest BCUT2D eigenvalue weighted by Gasteiger charge is 2.60. The van der Waals surface area contributed by atoms with E-state index in [-0.39, 0.29) is 49.9 Å². The third-order valence-electron chi connectivity index (χ3n) is 8.06. The van der Waals surface area contributed by atoms with Crippen LogP contribution in [0.1, 0.15) is 52.1 Å². The van der Waals surface area contributed by atoms with Gasteiger partial charge in [-0.1, -0.05) is 44.0 Å². The molecule has 0 aliphatic carbocycles. The van der Waals surface area contributed by atoms with Crippen molar-refractivity contribution in [3.05, 3.63) is 52.3 Å². The summed E-state index contributed by atoms with van der Waals surface area (Å²) in [6, 6.07) is 1.92. The third-order valence-corrected chi connectivity index (χ3v) is 13.1. The highest BCUT2D eigenvalue weighted by Crippen LogP contribution is 2.50. The molecule has 0 spiro atoms. The fraction of sp³-hybridized carbons (Fsp3) is 0.462. The van der Waals surface area contributed by atoms with Gasteiger partial charge in [-0.2, -0.15) is 23.4 Å². The Kier molecular flexibility index (Phi) is 7.55. The Labute approximate surface area is 256 Å². The molecule has 5 rings (SSSR count). The number of aromatic nitrogens is 7. The first kappa shape index (κ1) is 31.2. The molecule has 0 radical (unpaired) electrons. The smallest absolute Gasteiger partial charge is 0.401 e. The molecule has 0 saturated carbocycles. The van der Waals surface area contributed by atoms with E-state index in [0.717, 1.165) is 16.3 Å². The van der Waals surface area contributed by atoms with Crippen LogP contribution in [-0.4, -0.2) is 61.6 Å². The number of anilines is 2. The van der Waals surface area contributed by atoms with E-state index in [9.17, 15) is 18.0 Å². The van der Waals surface area contributed by atoms with Crippen molar-refractivity contribution in [3.8, 4) is 5.82 Å². The largest absolute Gasteiger partial charge is 0.409 e. The lowest BCUT2D eigenvalue weighted by Crippen LogP contribution is -2.46. The number of hydrogen-bond acceptors (Lipinski definition) is 7. The summed E-state index contributed by atoms with van der Waals surface area (Å²) < 4.78 is 50.5. The molecular formula is C26H30Cl2F3N9O2Si. The van der Waals surface area contributed by atoms with Gasteiger partial charge in [0.2, 0.25) is 0 Å². The minimum Gasteiger partial charge on any atom is -0.409 e. The van der Waals surface area contributed by atoms with Gasteiger partial charge in [0.05, 0.1) is 46.8 Å². The van der Waals surface area contributed by atoms with Gasteiger partial charge < -0.3 is 9.74 Å². The van der Waals surface area contributed by atoms with Gasteiger partial charge in [0.25, 0.3) is 0 Å². The molecule has 230 valence electrons. The quantitative estimate of drug-likeness (QED) is 0.231. The molecule has 0 fully saturated rings. The van der Waals surface area contributed by atoms with Crippen molar-refractivity contribution < 1.29 is 22.4 Å². The lowest BCUT2D eigenvalue weighted by molar-refractivity contribution is -0.181. The number of urea groups is 1. The Morgan fingerprint density at radius 3 is 2.44 bits per heavy atom. The number of pyridine rings is 1. The summed E-state index contributed by atoms with van der Waals surface area (Å²) in [5.74, 6) is 0.198. The van der Waals surface area contributed by atoms with Gasteiger partial charge in [-0.15, -0.1) is 9.90 Å². The average molecular weight is 657 g/mol. The van der Waals surface area contributed by atoms with Crippen LogP contribution in [0.3, 0.4) is 0 Å². The van der Waals surface area contributed by atoms with E-state index >= 15 is 0 Å². The number of fused-ring (bicyclic) bond motifs is 3. The standard InChI is InChI=1S/C26H30Cl2F3N9O2Si/c1-14(42-43(6,7)24(2,3)4)17-11-34-40(36-17)22-16(27)8-15(10-33-22)35-23(41)38-13-25(5,26(29,30)31)21-18(38)12-32-20-9-19(28)37-39(20)21/h8-12,14H,13H2,1-7H3,(H,35,41)/t14?,25-/m1/s1. The number of carbonyl (C=O) groups is 1. The molecule has 17 heteroatoms. The van der Waals surface area contributed by atoms with Crippen LogP contribution >= 0.6 is 23.2 Å². The predicted octanol–water partition coefficient (Wildman–Crippen LogP) is 6.97. The second-order valence-corrected chi connectivity index (χ2v) is 17.7. The average Bonchev–Trinajstić information content (AvgIpc) is 3.58. The molecule has 4 aromatic rings. The lowest BCUT2D eigenvalue weighted by atomic mass is 9.88. The summed E-state index contributed by atoms with van der Waals surface area (Å²) in [5, 5.41) is 15.4. The molecule has 43 heavy (non-hydrogen) atoms. The maximum absolute atomic E-state index is 14.4. The second-order valence-electron chi connectivity index (χ2n) is 12.2. The summed E-state index contributed by atoms with van der Waals surface area (Å²) in [7, 11) is -2.06. The topological polar surface area (TPSA) is 115 Å². The number of amides is 2. The monoisotopic (exact) mass is 655 g/mol. The van der Waals surface area contributed by atoms with Crippen LogP contribution in [0.5, 0.6) is 0 Å². The number of nitrogens with zero attached hydrogens (tertiary/aromatic N) is 8. The highest BCUT2D eigenvalue weighted by molar-refractivity contribution is 6.74. The predicted molar refractivity (Wildman–Crippen MR) is 159 cm³/mol. The van der Waals surface area contributed by atoms with Gasteiger partial charge in [-0.3, -0.25) is 4.90 Å². The number of carbonyl (C=O) groups excluding carboxylic acids is 1. The fourth-order valence-electron chi connectivity index (χ4n) is 4.57. The van der Waals surface area contributed by atoms with E-state index in [1.807, 2.05) is 6.92 Å². The van der Waals surface area contributed by atoms with E-state index in [1.165, 1.54) is 29.3 Å². The number of rotatable bonds is 5. The van der Waals surface area contributed by atoms with Crippen LogP contribution in [-0.2, 0) is 9.84 Å². The molecule has 11 nitrogen and oxygen atoms in total. The Balaban J connectivity index is 1.37. The molecule has 2 amide bonds. The van der Waals surface area contributed by atoms with E-state index in [1.54, 1.807) is 6.20 Å². The molecule has 4 aromatic heterocycles. The maximum Gasteiger partial charge on any atom is 0.401 e. The molecule has 5 heterocycles. The van der Waals surface area contributed by atoms with Crippen molar-refractivity contribution in [1.82, 2.24) is 34.6 Å². The van der Waals surface area contributed by atoms with Crippen molar-refractivity contribution in [2.24, 2.45) is 0 Å². The summed E-state index contributed by atoms with van der Waals surface area (Å²) in [4.78, 5) is 24.0. The molecule has 2 atom stereocenters. The fourth-order valence-corrected chi connectivity index (χ4v) is 6.34. The van der Waals surface area contributed by atoms with Crippen LogP contribution in [0.4, 0.5) is 29.3 Å². The number of nitrogens with one attached hydrogen (secondary N) is 1. The van der Waals surface area contributed by atoms with Gasteiger partial charge in [-0.25, -0.2) is 19.3 Å². The Morgan fingerprint density at radius 1 is 1.12 bits per heavy atom. The van der Waals surface area contributed by atoms with Gasteiger partial charge in [-0.05, 0) is 38.0 Å². The van der Waals surface area contributed by atoms with E-state index in [4.69, 9.17) is 27.6 Å².